The van der Waals surface area contributed by atoms with Gasteiger partial charge in [-0.3, -0.25) is 4.90 Å². The Labute approximate surface area is 175 Å². The normalized spacial score (nSPS) is 15.7. The van der Waals surface area contributed by atoms with E-state index in [0.29, 0.717) is 17.9 Å². The summed E-state index contributed by atoms with van der Waals surface area (Å²) < 4.78 is 24.9. The van der Waals surface area contributed by atoms with E-state index in [1.807, 2.05) is 34.6 Å². The zero-order valence-electron chi connectivity index (χ0n) is 17.4. The van der Waals surface area contributed by atoms with Gasteiger partial charge in [0.1, 0.15) is 11.4 Å². The highest BCUT2D eigenvalue weighted by atomic mass is 35.5. The molecule has 1 N–H and O–H groups in total. The van der Waals surface area contributed by atoms with Gasteiger partial charge in [0.25, 0.3) is 0 Å². The van der Waals surface area contributed by atoms with E-state index in [4.69, 9.17) is 21.1 Å². The summed E-state index contributed by atoms with van der Waals surface area (Å²) in [6, 6.07) is -0.143. The van der Waals surface area contributed by atoms with Crippen LogP contribution in [0.1, 0.15) is 41.0 Å². The number of nitrogens with one attached hydrogen (secondary N) is 1. The molecule has 1 amide bonds. The van der Waals surface area contributed by atoms with Crippen LogP contribution >= 0.6 is 11.6 Å². The molecule has 0 saturated heterocycles. The second kappa shape index (κ2) is 9.26. The van der Waals surface area contributed by atoms with Gasteiger partial charge in [0.05, 0.1) is 13.3 Å². The molecule has 1 aromatic rings. The summed E-state index contributed by atoms with van der Waals surface area (Å²) in [6.45, 7) is 9.19. The van der Waals surface area contributed by atoms with Gasteiger partial charge in [0, 0.05) is 29.9 Å². The minimum atomic E-state index is -0.625. The molecular formula is C20H26ClFN4O3. The van der Waals surface area contributed by atoms with Crippen molar-refractivity contribution in [3.05, 3.63) is 52.7 Å². The molecule has 29 heavy (non-hydrogen) atoms. The lowest BCUT2D eigenvalue weighted by Gasteiger charge is -2.29. The zero-order valence-corrected chi connectivity index (χ0v) is 18.2. The second-order valence-corrected chi connectivity index (χ2v) is 8.04. The number of anilines is 1. The molecule has 9 heteroatoms. The topological polar surface area (TPSA) is 76.6 Å². The van der Waals surface area contributed by atoms with Crippen LogP contribution in [0.2, 0.25) is 5.28 Å². The highest BCUT2D eigenvalue weighted by Gasteiger charge is 2.25. The Balaban J connectivity index is 2.29. The van der Waals surface area contributed by atoms with Gasteiger partial charge in [-0.25, -0.2) is 14.2 Å². The molecule has 2 rings (SSSR count). The highest BCUT2D eigenvalue weighted by Crippen LogP contribution is 2.28. The standard InChI is InChI=1S/C20H26ClFN4O3/c1-12(2)26(19(27)29-20(3,4)5)11-13-9-14(7-8-16(13)28-6)24-17-15(22)10-23-18(21)25-17/h7-8,10-12H,9H2,1-6H3,(H,23,24,25). The van der Waals surface area contributed by atoms with E-state index in [1.165, 1.54) is 4.90 Å². The third-order valence-electron chi connectivity index (χ3n) is 3.80. The first kappa shape index (κ1) is 22.7. The lowest BCUT2D eigenvalue weighted by atomic mass is 10.0. The molecule has 0 fully saturated rings. The van der Waals surface area contributed by atoms with Crippen LogP contribution in [0.25, 0.3) is 0 Å². The number of hydrogen-bond acceptors (Lipinski definition) is 6. The molecule has 0 atom stereocenters. The van der Waals surface area contributed by atoms with E-state index >= 15 is 0 Å². The quantitative estimate of drug-likeness (QED) is 0.668. The van der Waals surface area contributed by atoms with Gasteiger partial charge in [-0.05, 0) is 58.4 Å². The Morgan fingerprint density at radius 3 is 2.66 bits per heavy atom. The lowest BCUT2D eigenvalue weighted by Crippen LogP contribution is -2.38. The average Bonchev–Trinajstić information content (AvgIpc) is 2.61. The molecule has 1 aliphatic carbocycles. The largest absolute Gasteiger partial charge is 0.496 e. The molecule has 7 nitrogen and oxygen atoms in total. The van der Waals surface area contributed by atoms with E-state index in [-0.39, 0.29) is 17.1 Å². The van der Waals surface area contributed by atoms with Gasteiger partial charge >= 0.3 is 6.09 Å². The van der Waals surface area contributed by atoms with Crippen LogP contribution < -0.4 is 5.32 Å². The van der Waals surface area contributed by atoms with E-state index in [0.717, 1.165) is 11.8 Å². The van der Waals surface area contributed by atoms with Gasteiger partial charge in [-0.2, -0.15) is 4.98 Å². The first-order valence-electron chi connectivity index (χ1n) is 9.12. The van der Waals surface area contributed by atoms with Crippen molar-refractivity contribution in [3.8, 4) is 0 Å². The van der Waals surface area contributed by atoms with Crippen molar-refractivity contribution in [1.29, 1.82) is 0 Å². The number of nitrogens with zero attached hydrogens (tertiary/aromatic N) is 3. The van der Waals surface area contributed by atoms with E-state index in [1.54, 1.807) is 25.5 Å². The van der Waals surface area contributed by atoms with Gasteiger partial charge in [-0.15, -0.1) is 0 Å². The Morgan fingerprint density at radius 2 is 2.07 bits per heavy atom. The van der Waals surface area contributed by atoms with Crippen LogP contribution in [0.3, 0.4) is 0 Å². The van der Waals surface area contributed by atoms with Crippen LogP contribution in [0.4, 0.5) is 15.0 Å². The minimum absolute atomic E-state index is 0.0299. The maximum atomic E-state index is 13.9. The monoisotopic (exact) mass is 424 g/mol. The fourth-order valence-electron chi connectivity index (χ4n) is 2.51. The number of carbonyl (C=O) groups is 1. The third-order valence-corrected chi connectivity index (χ3v) is 3.98. The predicted octanol–water partition coefficient (Wildman–Crippen LogP) is 5.03. The average molecular weight is 425 g/mol. The van der Waals surface area contributed by atoms with Crippen molar-refractivity contribution < 1.29 is 18.7 Å². The fourth-order valence-corrected chi connectivity index (χ4v) is 2.64. The molecule has 0 saturated carbocycles. The van der Waals surface area contributed by atoms with Gasteiger partial charge in [0.15, 0.2) is 11.6 Å². The van der Waals surface area contributed by atoms with Gasteiger partial charge in [-0.1, -0.05) is 0 Å². The van der Waals surface area contributed by atoms with Crippen molar-refractivity contribution in [1.82, 2.24) is 14.9 Å². The molecule has 1 heterocycles. The van der Waals surface area contributed by atoms with Crippen LogP contribution in [0.15, 0.2) is 41.6 Å². The predicted molar refractivity (Wildman–Crippen MR) is 110 cm³/mol. The molecule has 1 aromatic heterocycles. The Kier molecular flexibility index (Phi) is 7.24. The SMILES string of the molecule is COC1=CC=C(Nc2nc(Cl)ncc2F)CC1=CN(C(=O)OC(C)(C)C)C(C)C. The lowest BCUT2D eigenvalue weighted by molar-refractivity contribution is 0.0289. The van der Waals surface area contributed by atoms with Crippen molar-refractivity contribution in [3.63, 3.8) is 0 Å². The number of hydrogen-bond donors (Lipinski definition) is 1. The number of aromatic nitrogens is 2. The molecular weight excluding hydrogens is 399 g/mol. The van der Waals surface area contributed by atoms with Crippen LogP contribution in [-0.4, -0.2) is 39.7 Å². The van der Waals surface area contributed by atoms with Crippen molar-refractivity contribution >= 4 is 23.5 Å². The molecule has 0 unspecified atom stereocenters. The summed E-state index contributed by atoms with van der Waals surface area (Å²) >= 11 is 5.75. The van der Waals surface area contributed by atoms with Gasteiger partial charge < -0.3 is 14.8 Å². The zero-order chi connectivity index (χ0) is 21.8. The highest BCUT2D eigenvalue weighted by molar-refractivity contribution is 6.28. The number of carbonyl (C=O) groups excluding carboxylic acids is 1. The van der Waals surface area contributed by atoms with Crippen molar-refractivity contribution in [2.45, 2.75) is 52.7 Å². The fraction of sp³-hybridized carbons (Fsp3) is 0.450. The molecule has 0 radical (unpaired) electrons. The molecule has 0 bridgehead atoms. The van der Waals surface area contributed by atoms with Crippen LogP contribution in [0.5, 0.6) is 0 Å². The van der Waals surface area contributed by atoms with Crippen LogP contribution in [-0.2, 0) is 9.47 Å². The molecule has 1 aliphatic rings. The second-order valence-electron chi connectivity index (χ2n) is 7.70. The Morgan fingerprint density at radius 1 is 1.38 bits per heavy atom. The number of halogens is 2. The van der Waals surface area contributed by atoms with E-state index < -0.39 is 17.5 Å². The maximum absolute atomic E-state index is 13.9. The third kappa shape index (κ3) is 6.45. The summed E-state index contributed by atoms with van der Waals surface area (Å²) in [5.41, 5.74) is 0.752. The molecule has 0 spiro atoms. The first-order valence-corrected chi connectivity index (χ1v) is 9.50. The Bertz CT molecular complexity index is 860. The smallest absolute Gasteiger partial charge is 0.414 e. The molecule has 0 aromatic carbocycles. The van der Waals surface area contributed by atoms with E-state index in [2.05, 4.69) is 15.3 Å². The van der Waals surface area contributed by atoms with Crippen LogP contribution in [0, 0.1) is 5.82 Å². The summed E-state index contributed by atoms with van der Waals surface area (Å²) in [7, 11) is 1.54. The van der Waals surface area contributed by atoms with E-state index in [9.17, 15) is 9.18 Å². The van der Waals surface area contributed by atoms with Gasteiger partial charge in [0.2, 0.25) is 5.28 Å². The summed E-state index contributed by atoms with van der Waals surface area (Å²) in [4.78, 5) is 21.6. The van der Waals surface area contributed by atoms with Crippen molar-refractivity contribution in [2.75, 3.05) is 12.4 Å². The summed E-state index contributed by atoms with van der Waals surface area (Å²) in [5.74, 6) is -0.0661. The number of amides is 1. The maximum Gasteiger partial charge on any atom is 0.414 e. The number of methoxy groups -OCH3 is 1. The number of ether oxygens (including phenoxy) is 2. The summed E-state index contributed by atoms with van der Waals surface area (Å²) in [5, 5.41) is 2.84. The summed E-state index contributed by atoms with van der Waals surface area (Å²) in [6.07, 6.45) is 6.05. The number of rotatable bonds is 5. The molecule has 0 aliphatic heterocycles. The minimum Gasteiger partial charge on any atom is -0.496 e. The first-order chi connectivity index (χ1) is 13.5. The molecule has 158 valence electrons. The Hall–Kier alpha value is -2.61. The van der Waals surface area contributed by atoms with Crippen molar-refractivity contribution in [2.24, 2.45) is 0 Å². The number of allylic oxidation sites excluding steroid dienone is 4.